The molecule has 0 aromatic carbocycles. The van der Waals surface area contributed by atoms with Crippen LogP contribution in [0.2, 0.25) is 0 Å². The molecular weight excluding hydrogens is 272 g/mol. The number of hydrogen-bond donors (Lipinski definition) is 2. The van der Waals surface area contributed by atoms with Crippen LogP contribution in [-0.2, 0) is 14.3 Å². The molecule has 2 N–H and O–H groups in total. The van der Waals surface area contributed by atoms with Gasteiger partial charge in [-0.25, -0.2) is 4.79 Å². The molecule has 8 heteroatoms. The fourth-order valence-electron chi connectivity index (χ4n) is 1.79. The average molecular weight is 290 g/mol. The number of carbonyl (C=O) groups is 3. The number of nitrogens with zero attached hydrogens (tertiary/aromatic N) is 1. The summed E-state index contributed by atoms with van der Waals surface area (Å²) in [6.07, 6.45) is -0.770. The van der Waals surface area contributed by atoms with Crippen LogP contribution in [0.4, 0.5) is 4.79 Å². The average Bonchev–Trinajstić information content (AvgIpc) is 2.31. The monoisotopic (exact) mass is 290 g/mol. The summed E-state index contributed by atoms with van der Waals surface area (Å²) >= 11 is 1.67. The predicted molar refractivity (Wildman–Crippen MR) is 70.1 cm³/mol. The molecule has 0 spiro atoms. The van der Waals surface area contributed by atoms with Gasteiger partial charge in [-0.15, -0.1) is 0 Å². The molecule has 7 nitrogen and oxygen atoms in total. The van der Waals surface area contributed by atoms with Gasteiger partial charge in [-0.1, -0.05) is 0 Å². The molecule has 0 aliphatic carbocycles. The van der Waals surface area contributed by atoms with Gasteiger partial charge in [0.1, 0.15) is 0 Å². The van der Waals surface area contributed by atoms with Gasteiger partial charge in [-0.05, 0) is 6.92 Å². The van der Waals surface area contributed by atoms with Crippen LogP contribution in [0.25, 0.3) is 0 Å². The molecule has 108 valence electrons. The number of thioether (sulfide) groups is 1. The van der Waals surface area contributed by atoms with Gasteiger partial charge in [0.2, 0.25) is 5.91 Å². The van der Waals surface area contributed by atoms with E-state index in [0.29, 0.717) is 12.3 Å². The van der Waals surface area contributed by atoms with Gasteiger partial charge in [-0.2, -0.15) is 11.8 Å². The molecule has 0 saturated carbocycles. The van der Waals surface area contributed by atoms with Crippen LogP contribution in [-0.4, -0.2) is 65.2 Å². The van der Waals surface area contributed by atoms with E-state index in [1.54, 1.807) is 23.6 Å². The number of carbonyl (C=O) groups excluding carboxylic acids is 2. The molecule has 0 aromatic rings. The summed E-state index contributed by atoms with van der Waals surface area (Å²) < 4.78 is 4.61. The van der Waals surface area contributed by atoms with Crippen LogP contribution in [0.1, 0.15) is 13.3 Å². The molecule has 2 amide bonds. The Labute approximate surface area is 115 Å². The van der Waals surface area contributed by atoms with E-state index in [1.807, 2.05) is 0 Å². The minimum absolute atomic E-state index is 0.000311. The molecule has 1 saturated heterocycles. The van der Waals surface area contributed by atoms with Crippen LogP contribution < -0.4 is 5.32 Å². The van der Waals surface area contributed by atoms with Gasteiger partial charge in [0, 0.05) is 24.1 Å². The number of carboxylic acid groups (broad SMARTS) is 1. The normalized spacial score (nSPS) is 19.7. The minimum atomic E-state index is -0.886. The van der Waals surface area contributed by atoms with Crippen molar-refractivity contribution in [2.24, 2.45) is 0 Å². The zero-order valence-corrected chi connectivity index (χ0v) is 11.6. The van der Waals surface area contributed by atoms with E-state index in [4.69, 9.17) is 5.11 Å². The number of rotatable bonds is 5. The van der Waals surface area contributed by atoms with Gasteiger partial charge in [0.25, 0.3) is 0 Å². The lowest BCUT2D eigenvalue weighted by molar-refractivity contribution is -0.138. The maximum atomic E-state index is 11.6. The molecule has 1 aliphatic heterocycles. The second-order valence-corrected chi connectivity index (χ2v) is 5.22. The Hall–Kier alpha value is -1.28. The highest BCUT2D eigenvalue weighted by atomic mass is 32.2. The molecule has 1 heterocycles. The second kappa shape index (κ2) is 8.00. The van der Waals surface area contributed by atoms with Gasteiger partial charge in [-0.3, -0.25) is 19.8 Å². The summed E-state index contributed by atoms with van der Waals surface area (Å²) in [7, 11) is 0. The number of hydrogen-bond acceptors (Lipinski definition) is 6. The van der Waals surface area contributed by atoms with Crippen molar-refractivity contribution >= 4 is 29.7 Å². The zero-order valence-electron chi connectivity index (χ0n) is 10.8. The SMILES string of the molecule is CCOC(=O)NC(=O)CN1CCSCC1CC(=O)O. The van der Waals surface area contributed by atoms with Gasteiger partial charge in [0.15, 0.2) is 0 Å². The summed E-state index contributed by atoms with van der Waals surface area (Å²) in [6.45, 7) is 2.49. The molecule has 0 bridgehead atoms. The van der Waals surface area contributed by atoms with Crippen LogP contribution in [0.15, 0.2) is 0 Å². The first-order valence-corrected chi connectivity index (χ1v) is 7.18. The number of imide groups is 1. The lowest BCUT2D eigenvalue weighted by Crippen LogP contribution is -2.49. The first-order chi connectivity index (χ1) is 9.02. The zero-order chi connectivity index (χ0) is 14.3. The summed E-state index contributed by atoms with van der Waals surface area (Å²) in [5.41, 5.74) is 0. The van der Waals surface area contributed by atoms with E-state index >= 15 is 0 Å². The number of amides is 2. The number of ether oxygens (including phenoxy) is 1. The van der Waals surface area contributed by atoms with E-state index < -0.39 is 18.0 Å². The molecule has 19 heavy (non-hydrogen) atoms. The minimum Gasteiger partial charge on any atom is -0.481 e. The van der Waals surface area contributed by atoms with Crippen molar-refractivity contribution in [3.8, 4) is 0 Å². The van der Waals surface area contributed by atoms with Gasteiger partial charge in [0.05, 0.1) is 19.6 Å². The van der Waals surface area contributed by atoms with Crippen LogP contribution >= 0.6 is 11.8 Å². The van der Waals surface area contributed by atoms with Gasteiger partial charge >= 0.3 is 12.1 Å². The predicted octanol–water partition coefficient (Wildman–Crippen LogP) is 0.151. The largest absolute Gasteiger partial charge is 0.481 e. The highest BCUT2D eigenvalue weighted by Crippen LogP contribution is 2.18. The number of carboxylic acids is 1. The Morgan fingerprint density at radius 3 is 2.84 bits per heavy atom. The highest BCUT2D eigenvalue weighted by molar-refractivity contribution is 7.99. The Morgan fingerprint density at radius 2 is 2.21 bits per heavy atom. The van der Waals surface area contributed by atoms with E-state index in [0.717, 1.165) is 5.75 Å². The summed E-state index contributed by atoms with van der Waals surface area (Å²) in [6, 6.07) is -0.177. The standard InChI is InChI=1S/C11H18N2O5S/c1-2-18-11(17)12-9(14)6-13-3-4-19-7-8(13)5-10(15)16/h8H,2-7H2,1H3,(H,15,16)(H,12,14,17). The van der Waals surface area contributed by atoms with E-state index in [2.05, 4.69) is 10.1 Å². The van der Waals surface area contributed by atoms with E-state index in [-0.39, 0.29) is 25.6 Å². The van der Waals surface area contributed by atoms with Crippen molar-refractivity contribution in [3.63, 3.8) is 0 Å². The Bertz CT molecular complexity index is 350. The molecule has 1 rings (SSSR count). The van der Waals surface area contributed by atoms with Crippen molar-refractivity contribution in [1.82, 2.24) is 10.2 Å². The molecule has 1 aliphatic rings. The third-order valence-corrected chi connectivity index (χ3v) is 3.72. The van der Waals surface area contributed by atoms with Crippen molar-refractivity contribution < 1.29 is 24.2 Å². The molecule has 1 atom stereocenters. The fourth-order valence-corrected chi connectivity index (χ4v) is 2.92. The number of aliphatic carboxylic acids is 1. The maximum absolute atomic E-state index is 11.6. The van der Waals surface area contributed by atoms with Crippen molar-refractivity contribution in [2.45, 2.75) is 19.4 Å². The highest BCUT2D eigenvalue weighted by Gasteiger charge is 2.27. The Kier molecular flexibility index (Phi) is 6.65. The summed E-state index contributed by atoms with van der Waals surface area (Å²) in [5, 5.41) is 10.9. The number of alkyl carbamates (subject to hydrolysis) is 1. The van der Waals surface area contributed by atoms with Crippen molar-refractivity contribution in [2.75, 3.05) is 31.2 Å². The quantitative estimate of drug-likeness (QED) is 0.744. The lowest BCUT2D eigenvalue weighted by atomic mass is 10.2. The third-order valence-electron chi connectivity index (χ3n) is 2.62. The molecule has 0 aromatic heterocycles. The second-order valence-electron chi connectivity index (χ2n) is 4.07. The molecule has 0 radical (unpaired) electrons. The fraction of sp³-hybridized carbons (Fsp3) is 0.727. The Balaban J connectivity index is 2.45. The summed E-state index contributed by atoms with van der Waals surface area (Å²) in [5.74, 6) is 0.172. The van der Waals surface area contributed by atoms with Crippen LogP contribution in [0, 0.1) is 0 Å². The van der Waals surface area contributed by atoms with E-state index in [9.17, 15) is 14.4 Å². The first-order valence-electron chi connectivity index (χ1n) is 6.03. The van der Waals surface area contributed by atoms with Crippen molar-refractivity contribution in [1.29, 1.82) is 0 Å². The van der Waals surface area contributed by atoms with Gasteiger partial charge < -0.3 is 9.84 Å². The van der Waals surface area contributed by atoms with E-state index in [1.165, 1.54) is 0 Å². The first kappa shape index (κ1) is 15.8. The van der Waals surface area contributed by atoms with Crippen LogP contribution in [0.5, 0.6) is 0 Å². The Morgan fingerprint density at radius 1 is 1.47 bits per heavy atom. The van der Waals surface area contributed by atoms with Crippen LogP contribution in [0.3, 0.4) is 0 Å². The number of nitrogens with one attached hydrogen (secondary N) is 1. The lowest BCUT2D eigenvalue weighted by Gasteiger charge is -2.33. The molecular formula is C11H18N2O5S. The van der Waals surface area contributed by atoms with Crippen molar-refractivity contribution in [3.05, 3.63) is 0 Å². The third kappa shape index (κ3) is 5.93. The molecule has 1 fully saturated rings. The topological polar surface area (TPSA) is 95.9 Å². The molecule has 1 unspecified atom stereocenters. The maximum Gasteiger partial charge on any atom is 0.413 e. The summed E-state index contributed by atoms with van der Waals surface area (Å²) in [4.78, 5) is 35.2. The smallest absolute Gasteiger partial charge is 0.413 e.